The minimum Gasteiger partial charge on any atom is -0.494 e. The van der Waals surface area contributed by atoms with Crippen LogP contribution in [0.3, 0.4) is 0 Å². The number of hydrogen-bond acceptors (Lipinski definition) is 5. The number of thioether (sulfide) groups is 1. The first-order valence-electron chi connectivity index (χ1n) is 9.03. The average molecular weight is 436 g/mol. The number of alkyl halides is 3. The highest BCUT2D eigenvalue weighted by molar-refractivity contribution is 7.99. The average Bonchev–Trinajstić information content (AvgIpc) is 3.07. The summed E-state index contributed by atoms with van der Waals surface area (Å²) >= 11 is 1.14. The summed E-state index contributed by atoms with van der Waals surface area (Å²) in [5.41, 5.74) is 0.0696. The van der Waals surface area contributed by atoms with E-state index in [1.807, 2.05) is 31.2 Å². The van der Waals surface area contributed by atoms with Gasteiger partial charge in [0.05, 0.1) is 17.9 Å². The topological polar surface area (TPSA) is 69.0 Å². The molecule has 0 aliphatic carbocycles. The maximum absolute atomic E-state index is 12.8. The van der Waals surface area contributed by atoms with Gasteiger partial charge in [-0.05, 0) is 56.3 Å². The fourth-order valence-electron chi connectivity index (χ4n) is 2.69. The zero-order chi connectivity index (χ0) is 21.7. The number of rotatable bonds is 7. The van der Waals surface area contributed by atoms with E-state index in [1.54, 1.807) is 11.5 Å². The number of nitrogens with one attached hydrogen (secondary N) is 1. The Balaban J connectivity index is 1.67. The molecule has 0 radical (unpaired) electrons. The molecule has 0 aliphatic heterocycles. The predicted octanol–water partition coefficient (Wildman–Crippen LogP) is 4.72. The van der Waals surface area contributed by atoms with Gasteiger partial charge in [-0.25, -0.2) is 0 Å². The van der Waals surface area contributed by atoms with E-state index in [1.165, 1.54) is 12.1 Å². The summed E-state index contributed by atoms with van der Waals surface area (Å²) in [5, 5.41) is 11.1. The summed E-state index contributed by atoms with van der Waals surface area (Å²) in [4.78, 5) is 12.2. The number of nitrogens with zero attached hydrogens (tertiary/aromatic N) is 3. The quantitative estimate of drug-likeness (QED) is 0.543. The lowest BCUT2D eigenvalue weighted by atomic mass is 10.2. The van der Waals surface area contributed by atoms with Crippen molar-refractivity contribution in [2.24, 2.45) is 0 Å². The molecule has 0 saturated heterocycles. The van der Waals surface area contributed by atoms with Crippen LogP contribution in [0.5, 0.6) is 5.75 Å². The van der Waals surface area contributed by atoms with Crippen LogP contribution in [0, 0.1) is 6.92 Å². The zero-order valence-electron chi connectivity index (χ0n) is 16.2. The van der Waals surface area contributed by atoms with Crippen molar-refractivity contribution in [2.75, 3.05) is 17.7 Å². The van der Waals surface area contributed by atoms with Crippen LogP contribution in [-0.2, 0) is 11.0 Å². The number of carbonyl (C=O) groups is 1. The summed E-state index contributed by atoms with van der Waals surface area (Å²) in [5.74, 6) is 0.894. The van der Waals surface area contributed by atoms with Crippen molar-refractivity contribution in [3.8, 4) is 11.4 Å². The van der Waals surface area contributed by atoms with Crippen molar-refractivity contribution in [1.29, 1.82) is 0 Å². The maximum atomic E-state index is 12.8. The van der Waals surface area contributed by atoms with Crippen molar-refractivity contribution in [2.45, 2.75) is 25.2 Å². The van der Waals surface area contributed by atoms with E-state index in [2.05, 4.69) is 15.5 Å². The summed E-state index contributed by atoms with van der Waals surface area (Å²) in [6.07, 6.45) is -4.47. The summed E-state index contributed by atoms with van der Waals surface area (Å²) in [7, 11) is 0. The molecule has 3 rings (SSSR count). The molecule has 1 heterocycles. The molecular formula is C20H19F3N4O2S. The fraction of sp³-hybridized carbons (Fsp3) is 0.250. The Morgan fingerprint density at radius 1 is 1.17 bits per heavy atom. The van der Waals surface area contributed by atoms with Crippen molar-refractivity contribution in [3.63, 3.8) is 0 Å². The van der Waals surface area contributed by atoms with Gasteiger partial charge in [0.15, 0.2) is 5.16 Å². The highest BCUT2D eigenvalue weighted by atomic mass is 32.2. The molecule has 10 heteroatoms. The Kier molecular flexibility index (Phi) is 6.66. The SMILES string of the molecule is CCOc1ccc(-n2c(C)nnc2SCC(=O)Nc2cccc(C(F)(F)F)c2)cc1. The molecule has 0 atom stereocenters. The third-order valence-electron chi connectivity index (χ3n) is 4.01. The van der Waals surface area contributed by atoms with E-state index in [0.717, 1.165) is 35.3 Å². The van der Waals surface area contributed by atoms with Crippen molar-refractivity contribution < 1.29 is 22.7 Å². The molecule has 0 saturated carbocycles. The largest absolute Gasteiger partial charge is 0.494 e. The second kappa shape index (κ2) is 9.21. The molecule has 3 aromatic rings. The Morgan fingerprint density at radius 3 is 2.57 bits per heavy atom. The molecule has 2 aromatic carbocycles. The second-order valence-electron chi connectivity index (χ2n) is 6.21. The number of aryl methyl sites for hydroxylation is 1. The summed E-state index contributed by atoms with van der Waals surface area (Å²) in [6, 6.07) is 11.9. The molecule has 30 heavy (non-hydrogen) atoms. The maximum Gasteiger partial charge on any atom is 0.416 e. The Labute approximate surface area is 175 Å². The smallest absolute Gasteiger partial charge is 0.416 e. The molecule has 0 fully saturated rings. The van der Waals surface area contributed by atoms with Gasteiger partial charge in [0.1, 0.15) is 11.6 Å². The fourth-order valence-corrected chi connectivity index (χ4v) is 3.49. The van der Waals surface area contributed by atoms with E-state index >= 15 is 0 Å². The minimum absolute atomic E-state index is 0.0363. The van der Waals surface area contributed by atoms with E-state index in [0.29, 0.717) is 17.6 Å². The summed E-state index contributed by atoms with van der Waals surface area (Å²) < 4.78 is 45.6. The number of amides is 1. The summed E-state index contributed by atoms with van der Waals surface area (Å²) in [6.45, 7) is 4.25. The van der Waals surface area contributed by atoms with Crippen LogP contribution >= 0.6 is 11.8 Å². The number of carbonyl (C=O) groups excluding carboxylic acids is 1. The lowest BCUT2D eigenvalue weighted by molar-refractivity contribution is -0.137. The van der Waals surface area contributed by atoms with Crippen LogP contribution < -0.4 is 10.1 Å². The lowest BCUT2D eigenvalue weighted by Crippen LogP contribution is -2.15. The van der Waals surface area contributed by atoms with E-state index < -0.39 is 17.6 Å². The van der Waals surface area contributed by atoms with Crippen molar-refractivity contribution >= 4 is 23.4 Å². The van der Waals surface area contributed by atoms with Gasteiger partial charge in [-0.2, -0.15) is 13.2 Å². The highest BCUT2D eigenvalue weighted by Gasteiger charge is 2.30. The number of hydrogen-bond donors (Lipinski definition) is 1. The second-order valence-corrected chi connectivity index (χ2v) is 7.15. The molecule has 0 aliphatic rings. The van der Waals surface area contributed by atoms with E-state index in [4.69, 9.17) is 4.74 Å². The lowest BCUT2D eigenvalue weighted by Gasteiger charge is -2.11. The third kappa shape index (κ3) is 5.32. The molecule has 1 aromatic heterocycles. The Hall–Kier alpha value is -3.01. The van der Waals surface area contributed by atoms with Gasteiger partial charge in [0.2, 0.25) is 5.91 Å². The van der Waals surface area contributed by atoms with Crippen LogP contribution in [0.15, 0.2) is 53.7 Å². The monoisotopic (exact) mass is 436 g/mol. The normalized spacial score (nSPS) is 11.4. The van der Waals surface area contributed by atoms with E-state index in [-0.39, 0.29) is 11.4 Å². The van der Waals surface area contributed by atoms with Crippen LogP contribution in [0.1, 0.15) is 18.3 Å². The number of halogens is 3. The van der Waals surface area contributed by atoms with Gasteiger partial charge in [-0.15, -0.1) is 10.2 Å². The number of anilines is 1. The van der Waals surface area contributed by atoms with Gasteiger partial charge >= 0.3 is 6.18 Å². The standard InChI is InChI=1S/C20H19F3N4O2S/c1-3-29-17-9-7-16(8-10-17)27-13(2)25-26-19(27)30-12-18(28)24-15-6-4-5-14(11-15)20(21,22)23/h4-11H,3,12H2,1-2H3,(H,24,28). The minimum atomic E-state index is -4.47. The van der Waals surface area contributed by atoms with Crippen LogP contribution in [0.4, 0.5) is 18.9 Å². The van der Waals surface area contributed by atoms with Crippen LogP contribution in [-0.4, -0.2) is 33.0 Å². The predicted molar refractivity (Wildman–Crippen MR) is 108 cm³/mol. The van der Waals surface area contributed by atoms with Gasteiger partial charge in [-0.3, -0.25) is 9.36 Å². The molecule has 6 nitrogen and oxygen atoms in total. The molecule has 1 N–H and O–H groups in total. The van der Waals surface area contributed by atoms with Crippen LogP contribution in [0.25, 0.3) is 5.69 Å². The van der Waals surface area contributed by atoms with Crippen molar-refractivity contribution in [1.82, 2.24) is 14.8 Å². The molecule has 0 spiro atoms. The molecule has 0 bridgehead atoms. The van der Waals surface area contributed by atoms with Crippen molar-refractivity contribution in [3.05, 3.63) is 59.9 Å². The van der Waals surface area contributed by atoms with Gasteiger partial charge < -0.3 is 10.1 Å². The molecular weight excluding hydrogens is 417 g/mol. The number of ether oxygens (including phenoxy) is 1. The molecule has 158 valence electrons. The molecule has 1 amide bonds. The van der Waals surface area contributed by atoms with Gasteiger partial charge in [0, 0.05) is 11.4 Å². The van der Waals surface area contributed by atoms with Gasteiger partial charge in [0.25, 0.3) is 0 Å². The number of aromatic nitrogens is 3. The third-order valence-corrected chi connectivity index (χ3v) is 4.94. The Bertz CT molecular complexity index is 1020. The molecule has 0 unspecified atom stereocenters. The first-order chi connectivity index (χ1) is 14.3. The van der Waals surface area contributed by atoms with Gasteiger partial charge in [-0.1, -0.05) is 17.8 Å². The van der Waals surface area contributed by atoms with E-state index in [9.17, 15) is 18.0 Å². The first kappa shape index (κ1) is 21.7. The Morgan fingerprint density at radius 2 is 1.90 bits per heavy atom. The first-order valence-corrected chi connectivity index (χ1v) is 10.0. The zero-order valence-corrected chi connectivity index (χ0v) is 17.0. The number of benzene rings is 2. The highest BCUT2D eigenvalue weighted by Crippen LogP contribution is 2.31. The van der Waals surface area contributed by atoms with Crippen LogP contribution in [0.2, 0.25) is 0 Å².